The molecule has 1 N–H and O–H groups in total. The second-order valence-electron chi connectivity index (χ2n) is 2.98. The molecule has 1 aliphatic heterocycles. The molecule has 1 unspecified atom stereocenters. The number of fused-ring (bicyclic) bond motifs is 1. The van der Waals surface area contributed by atoms with Crippen molar-refractivity contribution in [3.05, 3.63) is 20.9 Å². The van der Waals surface area contributed by atoms with Crippen molar-refractivity contribution in [3.8, 4) is 5.75 Å². The van der Waals surface area contributed by atoms with Crippen LogP contribution in [0.5, 0.6) is 5.75 Å². The number of alkyl halides is 1. The van der Waals surface area contributed by atoms with E-state index in [1.807, 2.05) is 4.98 Å². The Kier molecular flexibility index (Phi) is 2.88. The van der Waals surface area contributed by atoms with Gasteiger partial charge in [0.2, 0.25) is 5.75 Å². The van der Waals surface area contributed by atoms with E-state index in [0.717, 1.165) is 0 Å². The number of nitrogens with zero attached hydrogens (tertiary/aromatic N) is 1. The summed E-state index contributed by atoms with van der Waals surface area (Å²) < 4.78 is 15.0. The van der Waals surface area contributed by atoms with E-state index in [2.05, 4.69) is 0 Å². The van der Waals surface area contributed by atoms with Crippen molar-refractivity contribution in [1.29, 1.82) is 0 Å². The Balaban J connectivity index is 2.40. The lowest BCUT2D eigenvalue weighted by atomic mass is 10.5. The Bertz CT molecular complexity index is 496. The van der Waals surface area contributed by atoms with Crippen LogP contribution in [0.1, 0.15) is 6.92 Å². The van der Waals surface area contributed by atoms with Crippen molar-refractivity contribution in [2.45, 2.75) is 12.6 Å². The average Bonchev–Trinajstić information content (AvgIpc) is 2.53. The van der Waals surface area contributed by atoms with Gasteiger partial charge in [0.15, 0.2) is 0 Å². The summed E-state index contributed by atoms with van der Waals surface area (Å²) >= 11 is 5.81. The number of hydrogen-bond donors (Lipinski definition) is 1. The molecule has 0 bridgehead atoms. The largest absolute Gasteiger partial charge is 0.445 e. The van der Waals surface area contributed by atoms with Gasteiger partial charge in [0.05, 0.1) is 0 Å². The molecule has 0 aliphatic carbocycles. The molecule has 0 amide bonds. The van der Waals surface area contributed by atoms with Gasteiger partial charge in [-0.25, -0.2) is 4.79 Å². The number of ether oxygens (including phenoxy) is 2. The third-order valence-corrected chi connectivity index (χ3v) is 2.29. The molecule has 16 heavy (non-hydrogen) atoms. The highest BCUT2D eigenvalue weighted by molar-refractivity contribution is 6.21. The van der Waals surface area contributed by atoms with Crippen molar-refractivity contribution in [2.75, 3.05) is 18.2 Å². The van der Waals surface area contributed by atoms with E-state index in [9.17, 15) is 9.59 Å². The molecule has 1 aromatic rings. The number of nitrogens with one attached hydrogen (secondary N) is 1. The maximum Gasteiger partial charge on any atom is 0.421 e. The van der Waals surface area contributed by atoms with Crippen molar-refractivity contribution in [1.82, 2.24) is 4.98 Å². The first-order valence-electron chi connectivity index (χ1n) is 4.56. The van der Waals surface area contributed by atoms with Gasteiger partial charge in [-0.1, -0.05) is 11.6 Å². The second kappa shape index (κ2) is 4.18. The van der Waals surface area contributed by atoms with Crippen LogP contribution in [0.15, 0.2) is 14.0 Å². The molecule has 1 aliphatic rings. The highest BCUT2D eigenvalue weighted by Gasteiger charge is 2.34. The molecule has 7 nitrogen and oxygen atoms in total. The summed E-state index contributed by atoms with van der Waals surface area (Å²) in [6, 6.07) is 0. The SMILES string of the molecule is CCOCN1c2oc(=O)[nH]c(=O)c2OC1Cl. The number of rotatable bonds is 3. The first-order chi connectivity index (χ1) is 7.63. The molecule has 2 rings (SSSR count). The fourth-order valence-electron chi connectivity index (χ4n) is 1.26. The van der Waals surface area contributed by atoms with Crippen molar-refractivity contribution < 1.29 is 13.9 Å². The number of hydrogen-bond acceptors (Lipinski definition) is 6. The highest BCUT2D eigenvalue weighted by atomic mass is 35.5. The molecule has 0 spiro atoms. The zero-order chi connectivity index (χ0) is 11.7. The predicted octanol–water partition coefficient (Wildman–Crippen LogP) is 0.0433. The molecule has 1 aromatic heterocycles. The lowest BCUT2D eigenvalue weighted by Crippen LogP contribution is -2.32. The van der Waals surface area contributed by atoms with Crippen LogP contribution < -0.4 is 21.0 Å². The van der Waals surface area contributed by atoms with Gasteiger partial charge in [0.1, 0.15) is 6.73 Å². The summed E-state index contributed by atoms with van der Waals surface area (Å²) in [4.78, 5) is 25.6. The Morgan fingerprint density at radius 1 is 1.56 bits per heavy atom. The van der Waals surface area contributed by atoms with Crippen LogP contribution in [0.3, 0.4) is 0 Å². The third-order valence-electron chi connectivity index (χ3n) is 1.96. The van der Waals surface area contributed by atoms with Crippen molar-refractivity contribution in [2.24, 2.45) is 0 Å². The number of halogens is 1. The van der Waals surface area contributed by atoms with Gasteiger partial charge in [-0.3, -0.25) is 14.7 Å². The van der Waals surface area contributed by atoms with Crippen LogP contribution in [0.4, 0.5) is 5.88 Å². The Morgan fingerprint density at radius 2 is 2.31 bits per heavy atom. The Hall–Kier alpha value is -1.47. The molecule has 0 aromatic carbocycles. The van der Waals surface area contributed by atoms with Crippen LogP contribution >= 0.6 is 11.6 Å². The number of anilines is 1. The van der Waals surface area contributed by atoms with Gasteiger partial charge in [0, 0.05) is 6.61 Å². The molecule has 0 fully saturated rings. The van der Waals surface area contributed by atoms with Crippen LogP contribution in [0, 0.1) is 0 Å². The minimum Gasteiger partial charge on any atom is -0.445 e. The van der Waals surface area contributed by atoms with E-state index in [4.69, 9.17) is 25.5 Å². The maximum absolute atomic E-state index is 11.3. The van der Waals surface area contributed by atoms with E-state index < -0.39 is 17.0 Å². The summed E-state index contributed by atoms with van der Waals surface area (Å²) in [7, 11) is 0. The summed E-state index contributed by atoms with van der Waals surface area (Å²) in [5, 5.41) is 0. The molecular weight excluding hydrogens is 240 g/mol. The smallest absolute Gasteiger partial charge is 0.421 e. The number of aromatic amines is 1. The zero-order valence-electron chi connectivity index (χ0n) is 8.36. The second-order valence-corrected chi connectivity index (χ2v) is 3.35. The van der Waals surface area contributed by atoms with Crippen molar-refractivity contribution in [3.63, 3.8) is 0 Å². The lowest BCUT2D eigenvalue weighted by molar-refractivity contribution is 0.131. The van der Waals surface area contributed by atoms with Crippen LogP contribution in [-0.2, 0) is 4.74 Å². The first kappa shape index (κ1) is 11.0. The van der Waals surface area contributed by atoms with E-state index in [1.54, 1.807) is 6.92 Å². The summed E-state index contributed by atoms with van der Waals surface area (Å²) in [5.74, 6) is -0.985. The summed E-state index contributed by atoms with van der Waals surface area (Å²) in [6.45, 7) is 2.34. The molecule has 2 heterocycles. The number of aromatic nitrogens is 1. The van der Waals surface area contributed by atoms with Crippen LogP contribution in [0.25, 0.3) is 0 Å². The third kappa shape index (κ3) is 1.79. The Labute approximate surface area is 94.5 Å². The molecule has 8 heteroatoms. The fraction of sp³-hybridized carbons (Fsp3) is 0.500. The summed E-state index contributed by atoms with van der Waals surface area (Å²) in [5.41, 5.74) is -1.59. The standard InChI is InChI=1S/C8H9ClN2O5/c1-2-14-3-11-6-4(15-7(11)9)5(12)10-8(13)16-6/h7H,2-3H2,1H3,(H,10,12,13). The molecule has 88 valence electrons. The quantitative estimate of drug-likeness (QED) is 0.601. The van der Waals surface area contributed by atoms with E-state index in [1.165, 1.54) is 4.90 Å². The maximum atomic E-state index is 11.3. The van der Waals surface area contributed by atoms with Crippen LogP contribution in [-0.4, -0.2) is 24.0 Å². The predicted molar refractivity (Wildman–Crippen MR) is 54.8 cm³/mol. The van der Waals surface area contributed by atoms with E-state index in [0.29, 0.717) is 6.61 Å². The molecular formula is C8H9ClN2O5. The van der Waals surface area contributed by atoms with E-state index in [-0.39, 0.29) is 18.4 Å². The minimum absolute atomic E-state index is 0.0119. The fourth-order valence-corrected chi connectivity index (χ4v) is 1.49. The molecule has 1 atom stereocenters. The minimum atomic E-state index is -0.923. The molecule has 0 saturated heterocycles. The van der Waals surface area contributed by atoms with Gasteiger partial charge < -0.3 is 13.9 Å². The first-order valence-corrected chi connectivity index (χ1v) is 4.99. The lowest BCUT2D eigenvalue weighted by Gasteiger charge is -2.17. The van der Waals surface area contributed by atoms with Gasteiger partial charge in [-0.15, -0.1) is 0 Å². The van der Waals surface area contributed by atoms with E-state index >= 15 is 0 Å². The zero-order valence-corrected chi connectivity index (χ0v) is 9.11. The summed E-state index contributed by atoms with van der Waals surface area (Å²) in [6.07, 6.45) is 0. The topological polar surface area (TPSA) is 84.8 Å². The van der Waals surface area contributed by atoms with Crippen molar-refractivity contribution >= 4 is 17.5 Å². The van der Waals surface area contributed by atoms with Gasteiger partial charge in [0.25, 0.3) is 11.6 Å². The monoisotopic (exact) mass is 248 g/mol. The van der Waals surface area contributed by atoms with Gasteiger partial charge in [-0.05, 0) is 6.92 Å². The molecule has 0 radical (unpaired) electrons. The molecule has 0 saturated carbocycles. The Morgan fingerprint density at radius 3 is 3.00 bits per heavy atom. The normalized spacial score (nSPS) is 18.4. The number of H-pyrrole nitrogens is 1. The van der Waals surface area contributed by atoms with Gasteiger partial charge >= 0.3 is 11.3 Å². The average molecular weight is 249 g/mol. The highest BCUT2D eigenvalue weighted by Crippen LogP contribution is 2.33. The van der Waals surface area contributed by atoms with Gasteiger partial charge in [-0.2, -0.15) is 0 Å². The van der Waals surface area contributed by atoms with Crippen LogP contribution in [0.2, 0.25) is 0 Å².